The van der Waals surface area contributed by atoms with Gasteiger partial charge in [0.15, 0.2) is 0 Å². The lowest BCUT2D eigenvalue weighted by Gasteiger charge is -2.16. The molecule has 2 aromatic carbocycles. The van der Waals surface area contributed by atoms with Gasteiger partial charge in [0.25, 0.3) is 5.56 Å². The average Bonchev–Trinajstić information content (AvgIpc) is 3.45. The molecule has 1 saturated carbocycles. The molecule has 3 aromatic rings. The summed E-state index contributed by atoms with van der Waals surface area (Å²) in [5.74, 6) is -0.188. The highest BCUT2D eigenvalue weighted by Crippen LogP contribution is 2.47. The molecule has 1 aliphatic rings. The minimum atomic E-state index is -0.238. The number of rotatable bonds is 5. The summed E-state index contributed by atoms with van der Waals surface area (Å²) < 4.78 is 1.22. The number of amides is 1. The van der Waals surface area contributed by atoms with Crippen LogP contribution in [0.4, 0.5) is 0 Å². The van der Waals surface area contributed by atoms with Gasteiger partial charge < -0.3 is 5.32 Å². The van der Waals surface area contributed by atoms with E-state index in [2.05, 4.69) is 22.5 Å². The van der Waals surface area contributed by atoms with Crippen LogP contribution in [0.3, 0.4) is 0 Å². The zero-order valence-electron chi connectivity index (χ0n) is 13.8. The van der Waals surface area contributed by atoms with Crippen LogP contribution in [0.5, 0.6) is 0 Å². The van der Waals surface area contributed by atoms with Crippen LogP contribution in [0, 0.1) is 0 Å². The van der Waals surface area contributed by atoms with E-state index in [4.69, 9.17) is 0 Å². The van der Waals surface area contributed by atoms with Crippen molar-refractivity contribution in [2.24, 2.45) is 0 Å². The maximum Gasteiger partial charge on any atom is 0.275 e. The molecule has 126 valence electrons. The lowest BCUT2D eigenvalue weighted by atomic mass is 9.96. The van der Waals surface area contributed by atoms with Gasteiger partial charge in [-0.3, -0.25) is 9.59 Å². The molecular formula is C20H19N3O2. The van der Waals surface area contributed by atoms with Crippen molar-refractivity contribution >= 4 is 16.7 Å². The number of fused-ring (bicyclic) bond motifs is 1. The van der Waals surface area contributed by atoms with Crippen LogP contribution in [-0.2, 0) is 16.8 Å². The molecule has 1 fully saturated rings. The van der Waals surface area contributed by atoms with Crippen molar-refractivity contribution in [2.75, 3.05) is 6.54 Å². The van der Waals surface area contributed by atoms with Crippen molar-refractivity contribution in [1.29, 1.82) is 0 Å². The fourth-order valence-electron chi connectivity index (χ4n) is 3.21. The molecule has 5 heteroatoms. The van der Waals surface area contributed by atoms with Crippen molar-refractivity contribution in [3.63, 3.8) is 0 Å². The fraction of sp³-hybridized carbons (Fsp3) is 0.250. The van der Waals surface area contributed by atoms with E-state index in [1.54, 1.807) is 12.3 Å². The van der Waals surface area contributed by atoms with Crippen molar-refractivity contribution < 1.29 is 4.79 Å². The smallest absolute Gasteiger partial charge is 0.275 e. The molecule has 0 aliphatic heterocycles. The molecule has 1 aliphatic carbocycles. The van der Waals surface area contributed by atoms with Crippen LogP contribution >= 0.6 is 0 Å². The Labute approximate surface area is 145 Å². The second-order valence-electron chi connectivity index (χ2n) is 6.62. The summed E-state index contributed by atoms with van der Waals surface area (Å²) in [5, 5.41) is 8.44. The first-order valence-corrected chi connectivity index (χ1v) is 8.45. The number of hydrogen-bond donors (Lipinski definition) is 1. The van der Waals surface area contributed by atoms with E-state index in [1.165, 1.54) is 10.2 Å². The summed E-state index contributed by atoms with van der Waals surface area (Å²) >= 11 is 0. The van der Waals surface area contributed by atoms with Gasteiger partial charge in [0.05, 0.1) is 11.6 Å². The molecule has 4 rings (SSSR count). The topological polar surface area (TPSA) is 64.0 Å². The number of nitrogens with one attached hydrogen (secondary N) is 1. The monoisotopic (exact) mass is 333 g/mol. The lowest BCUT2D eigenvalue weighted by molar-refractivity contribution is -0.122. The Morgan fingerprint density at radius 2 is 1.80 bits per heavy atom. The van der Waals surface area contributed by atoms with E-state index >= 15 is 0 Å². The third-order valence-corrected chi connectivity index (χ3v) is 4.92. The Kier molecular flexibility index (Phi) is 3.84. The Hall–Kier alpha value is -2.95. The number of carbonyl (C=O) groups excluding carboxylic acids is 1. The highest BCUT2D eigenvalue weighted by molar-refractivity contribution is 5.81. The summed E-state index contributed by atoms with van der Waals surface area (Å²) in [6, 6.07) is 17.5. The molecule has 1 N–H and O–H groups in total. The molecule has 0 spiro atoms. The summed E-state index contributed by atoms with van der Waals surface area (Å²) in [6.07, 6.45) is 3.77. The van der Waals surface area contributed by atoms with Gasteiger partial charge in [-0.05, 0) is 24.5 Å². The largest absolute Gasteiger partial charge is 0.354 e. The minimum absolute atomic E-state index is 0.0543. The molecule has 0 bridgehead atoms. The van der Waals surface area contributed by atoms with E-state index in [-0.39, 0.29) is 23.4 Å². The van der Waals surface area contributed by atoms with Crippen molar-refractivity contribution in [2.45, 2.75) is 24.8 Å². The van der Waals surface area contributed by atoms with E-state index in [1.807, 2.05) is 36.4 Å². The zero-order chi connectivity index (χ0) is 17.3. The molecule has 25 heavy (non-hydrogen) atoms. The summed E-state index contributed by atoms with van der Waals surface area (Å²) in [4.78, 5) is 24.7. The van der Waals surface area contributed by atoms with E-state index in [0.717, 1.165) is 18.2 Å². The molecule has 0 radical (unpaired) electrons. The highest BCUT2D eigenvalue weighted by atomic mass is 16.2. The van der Waals surface area contributed by atoms with Crippen molar-refractivity contribution in [3.05, 3.63) is 76.7 Å². The quantitative estimate of drug-likeness (QED) is 0.779. The highest BCUT2D eigenvalue weighted by Gasteiger charge is 2.44. The van der Waals surface area contributed by atoms with E-state index in [0.29, 0.717) is 11.9 Å². The Morgan fingerprint density at radius 3 is 2.56 bits per heavy atom. The van der Waals surface area contributed by atoms with Crippen LogP contribution in [0.15, 0.2) is 65.6 Å². The summed E-state index contributed by atoms with van der Waals surface area (Å²) in [6.45, 7) is 0.534. The summed E-state index contributed by atoms with van der Waals surface area (Å²) in [5.41, 5.74) is 1.08. The lowest BCUT2D eigenvalue weighted by Crippen LogP contribution is -2.37. The summed E-state index contributed by atoms with van der Waals surface area (Å²) in [7, 11) is 0. The van der Waals surface area contributed by atoms with Gasteiger partial charge in [-0.15, -0.1) is 0 Å². The van der Waals surface area contributed by atoms with Crippen LogP contribution in [-0.4, -0.2) is 22.2 Å². The van der Waals surface area contributed by atoms with Gasteiger partial charge in [0, 0.05) is 17.3 Å². The maximum atomic E-state index is 12.4. The molecule has 1 amide bonds. The zero-order valence-corrected chi connectivity index (χ0v) is 13.8. The second-order valence-corrected chi connectivity index (χ2v) is 6.62. The Morgan fingerprint density at radius 1 is 1.08 bits per heavy atom. The average molecular weight is 333 g/mol. The first-order valence-electron chi connectivity index (χ1n) is 8.45. The maximum absolute atomic E-state index is 12.4. The Bertz CT molecular complexity index is 975. The molecule has 0 atom stereocenters. The fourth-order valence-corrected chi connectivity index (χ4v) is 3.21. The SMILES string of the molecule is O=C(Cn1ncc2ccccc2c1=O)NCC1(c2ccccc2)CC1. The van der Waals surface area contributed by atoms with Crippen molar-refractivity contribution in [1.82, 2.24) is 15.1 Å². The first kappa shape index (κ1) is 15.6. The van der Waals surface area contributed by atoms with Crippen LogP contribution < -0.4 is 10.9 Å². The predicted octanol–water partition coefficient (Wildman–Crippen LogP) is 2.24. The molecule has 0 unspecified atom stereocenters. The minimum Gasteiger partial charge on any atom is -0.354 e. The first-order chi connectivity index (χ1) is 12.2. The van der Waals surface area contributed by atoms with Crippen molar-refractivity contribution in [3.8, 4) is 0 Å². The van der Waals surface area contributed by atoms with Gasteiger partial charge in [-0.2, -0.15) is 5.10 Å². The van der Waals surface area contributed by atoms with Crippen LogP contribution in [0.1, 0.15) is 18.4 Å². The third-order valence-electron chi connectivity index (χ3n) is 4.92. The van der Waals surface area contributed by atoms with E-state index < -0.39 is 0 Å². The van der Waals surface area contributed by atoms with Gasteiger partial charge >= 0.3 is 0 Å². The second kappa shape index (κ2) is 6.16. The normalized spacial score (nSPS) is 15.0. The number of benzene rings is 2. The van der Waals surface area contributed by atoms with Crippen LogP contribution in [0.2, 0.25) is 0 Å². The van der Waals surface area contributed by atoms with Gasteiger partial charge in [0.1, 0.15) is 6.54 Å². The number of aromatic nitrogens is 2. The molecular weight excluding hydrogens is 314 g/mol. The number of carbonyl (C=O) groups is 1. The van der Waals surface area contributed by atoms with Gasteiger partial charge in [-0.1, -0.05) is 48.5 Å². The van der Waals surface area contributed by atoms with E-state index in [9.17, 15) is 9.59 Å². The predicted molar refractivity (Wildman–Crippen MR) is 96.4 cm³/mol. The number of nitrogens with zero attached hydrogens (tertiary/aromatic N) is 2. The standard InChI is InChI=1S/C20H19N3O2/c24-18(21-14-20(10-11-20)16-7-2-1-3-8-16)13-23-19(25)17-9-5-4-6-15(17)12-22-23/h1-9,12H,10-11,13-14H2,(H,21,24). The third kappa shape index (κ3) is 3.05. The Balaban J connectivity index is 1.45. The molecule has 1 aromatic heterocycles. The van der Waals surface area contributed by atoms with Crippen LogP contribution in [0.25, 0.3) is 10.8 Å². The molecule has 5 nitrogen and oxygen atoms in total. The molecule has 0 saturated heterocycles. The molecule has 1 heterocycles. The number of hydrogen-bond acceptors (Lipinski definition) is 3. The van der Waals surface area contributed by atoms with Gasteiger partial charge in [0.2, 0.25) is 5.91 Å². The van der Waals surface area contributed by atoms with Gasteiger partial charge in [-0.25, -0.2) is 4.68 Å².